The van der Waals surface area contributed by atoms with E-state index in [1.807, 2.05) is 13.8 Å². The molecule has 0 aliphatic heterocycles. The third-order valence-electron chi connectivity index (χ3n) is 4.20. The molecule has 0 spiro atoms. The summed E-state index contributed by atoms with van der Waals surface area (Å²) in [4.78, 5) is 12.0. The largest absolute Gasteiger partial charge is 0.349 e. The van der Waals surface area contributed by atoms with Crippen molar-refractivity contribution in [2.24, 2.45) is 11.8 Å². The average Bonchev–Trinajstić information content (AvgIpc) is 2.48. The van der Waals surface area contributed by atoms with Crippen molar-refractivity contribution in [2.75, 3.05) is 0 Å². The van der Waals surface area contributed by atoms with Crippen LogP contribution in [0.15, 0.2) is 18.2 Å². The van der Waals surface area contributed by atoms with Crippen LogP contribution in [0.5, 0.6) is 0 Å². The Morgan fingerprint density at radius 3 is 2.52 bits per heavy atom. The quantitative estimate of drug-likeness (QED) is 0.852. The summed E-state index contributed by atoms with van der Waals surface area (Å²) in [6, 6.07) is 2.98. The molecule has 2 rings (SSSR count). The second-order valence-electron chi connectivity index (χ2n) is 5.47. The minimum Gasteiger partial charge on any atom is -0.349 e. The molecule has 21 heavy (non-hydrogen) atoms. The van der Waals surface area contributed by atoms with Crippen LogP contribution in [-0.2, 0) is 0 Å². The first-order valence-electron chi connectivity index (χ1n) is 7.75. The van der Waals surface area contributed by atoms with Gasteiger partial charge in [0.1, 0.15) is 11.6 Å². The summed E-state index contributed by atoms with van der Waals surface area (Å²) in [5.74, 6) is -0.916. The standard InChI is InChI=1S/C15H19F2NO.C2H6/c1-9-4-3-5-14(10(9)2)18-15(19)12-8-11(16)6-7-13(12)17;1-2/h6-10,14H,3-5H2,1-2H3,(H,18,19);1-2H3. The van der Waals surface area contributed by atoms with E-state index in [4.69, 9.17) is 0 Å². The van der Waals surface area contributed by atoms with E-state index in [1.54, 1.807) is 0 Å². The SMILES string of the molecule is CC.CC1CCCC(NC(=O)c2cc(F)ccc2F)C1C. The normalized spacial score (nSPS) is 24.8. The maximum absolute atomic E-state index is 13.5. The average molecular weight is 297 g/mol. The molecule has 0 saturated heterocycles. The Morgan fingerprint density at radius 1 is 1.19 bits per heavy atom. The Hall–Kier alpha value is -1.45. The van der Waals surface area contributed by atoms with Crippen LogP contribution in [0.1, 0.15) is 57.3 Å². The topological polar surface area (TPSA) is 29.1 Å². The zero-order valence-corrected chi connectivity index (χ0v) is 13.2. The van der Waals surface area contributed by atoms with Crippen molar-refractivity contribution in [3.05, 3.63) is 35.4 Å². The van der Waals surface area contributed by atoms with Gasteiger partial charge in [-0.3, -0.25) is 4.79 Å². The molecular weight excluding hydrogens is 272 g/mol. The second-order valence-corrected chi connectivity index (χ2v) is 5.47. The molecule has 3 unspecified atom stereocenters. The summed E-state index contributed by atoms with van der Waals surface area (Å²) < 4.78 is 26.6. The molecule has 1 aromatic rings. The van der Waals surface area contributed by atoms with Crippen LogP contribution in [-0.4, -0.2) is 11.9 Å². The van der Waals surface area contributed by atoms with Crippen molar-refractivity contribution in [3.63, 3.8) is 0 Å². The fourth-order valence-corrected chi connectivity index (χ4v) is 2.70. The summed E-state index contributed by atoms with van der Waals surface area (Å²) in [6.07, 6.45) is 3.11. The van der Waals surface area contributed by atoms with Gasteiger partial charge in [0.05, 0.1) is 5.56 Å². The zero-order chi connectivity index (χ0) is 16.0. The lowest BCUT2D eigenvalue weighted by atomic mass is 9.78. The van der Waals surface area contributed by atoms with E-state index in [1.165, 1.54) is 0 Å². The molecule has 0 bridgehead atoms. The smallest absolute Gasteiger partial charge is 0.254 e. The molecule has 1 N–H and O–H groups in total. The molecule has 1 amide bonds. The summed E-state index contributed by atoms with van der Waals surface area (Å²) >= 11 is 0. The highest BCUT2D eigenvalue weighted by Gasteiger charge is 2.28. The maximum Gasteiger partial charge on any atom is 0.254 e. The summed E-state index contributed by atoms with van der Waals surface area (Å²) in [6.45, 7) is 8.25. The van der Waals surface area contributed by atoms with Gasteiger partial charge in [-0.05, 0) is 36.5 Å². The predicted molar refractivity (Wildman–Crippen MR) is 81.1 cm³/mol. The highest BCUT2D eigenvalue weighted by Crippen LogP contribution is 2.29. The van der Waals surface area contributed by atoms with Gasteiger partial charge in [-0.1, -0.05) is 40.5 Å². The molecule has 1 saturated carbocycles. The number of halogens is 2. The number of rotatable bonds is 2. The number of carbonyl (C=O) groups is 1. The number of hydrogen-bond acceptors (Lipinski definition) is 1. The molecule has 4 heteroatoms. The van der Waals surface area contributed by atoms with Gasteiger partial charge >= 0.3 is 0 Å². The Bertz CT molecular complexity index is 476. The molecule has 2 nitrogen and oxygen atoms in total. The second kappa shape index (κ2) is 8.11. The molecule has 0 heterocycles. The highest BCUT2D eigenvalue weighted by molar-refractivity contribution is 5.94. The first-order chi connectivity index (χ1) is 9.99. The summed E-state index contributed by atoms with van der Waals surface area (Å²) in [5, 5.41) is 2.84. The van der Waals surface area contributed by atoms with Gasteiger partial charge in [-0.25, -0.2) is 8.78 Å². The first-order valence-corrected chi connectivity index (χ1v) is 7.75. The zero-order valence-electron chi connectivity index (χ0n) is 13.2. The van der Waals surface area contributed by atoms with E-state index in [9.17, 15) is 13.6 Å². The van der Waals surface area contributed by atoms with Crippen LogP contribution in [0, 0.1) is 23.5 Å². The summed E-state index contributed by atoms with van der Waals surface area (Å²) in [7, 11) is 0. The van der Waals surface area contributed by atoms with Gasteiger partial charge in [-0.2, -0.15) is 0 Å². The van der Waals surface area contributed by atoms with Gasteiger partial charge in [0, 0.05) is 6.04 Å². The number of carbonyl (C=O) groups excluding carboxylic acids is 1. The molecule has 118 valence electrons. The third kappa shape index (κ3) is 4.51. The van der Waals surface area contributed by atoms with Crippen LogP contribution in [0.2, 0.25) is 0 Å². The fraction of sp³-hybridized carbons (Fsp3) is 0.588. The van der Waals surface area contributed by atoms with Crippen molar-refractivity contribution in [1.29, 1.82) is 0 Å². The predicted octanol–water partition coefficient (Wildman–Crippen LogP) is 4.55. The first kappa shape index (κ1) is 17.6. The monoisotopic (exact) mass is 297 g/mol. The molecule has 0 aromatic heterocycles. The lowest BCUT2D eigenvalue weighted by Crippen LogP contribution is -2.43. The number of hydrogen-bond donors (Lipinski definition) is 1. The molecular formula is C17H25F2NO. The lowest BCUT2D eigenvalue weighted by Gasteiger charge is -2.34. The molecule has 1 aliphatic carbocycles. The highest BCUT2D eigenvalue weighted by atomic mass is 19.1. The van der Waals surface area contributed by atoms with Gasteiger partial charge in [-0.15, -0.1) is 0 Å². The van der Waals surface area contributed by atoms with E-state index in [-0.39, 0.29) is 11.6 Å². The fourth-order valence-electron chi connectivity index (χ4n) is 2.70. The third-order valence-corrected chi connectivity index (χ3v) is 4.20. The van der Waals surface area contributed by atoms with Crippen LogP contribution < -0.4 is 5.32 Å². The van der Waals surface area contributed by atoms with Crippen molar-refractivity contribution in [2.45, 2.75) is 53.0 Å². The van der Waals surface area contributed by atoms with Crippen molar-refractivity contribution >= 4 is 5.91 Å². The number of amides is 1. The molecule has 0 radical (unpaired) electrons. The van der Waals surface area contributed by atoms with E-state index in [2.05, 4.69) is 19.2 Å². The van der Waals surface area contributed by atoms with Crippen molar-refractivity contribution in [3.8, 4) is 0 Å². The Kier molecular flexibility index (Phi) is 6.79. The Morgan fingerprint density at radius 2 is 1.86 bits per heavy atom. The summed E-state index contributed by atoms with van der Waals surface area (Å²) in [5.41, 5.74) is -0.217. The number of benzene rings is 1. The van der Waals surface area contributed by atoms with Gasteiger partial charge in [0.15, 0.2) is 0 Å². The lowest BCUT2D eigenvalue weighted by molar-refractivity contribution is 0.0886. The van der Waals surface area contributed by atoms with Crippen LogP contribution in [0.4, 0.5) is 8.78 Å². The van der Waals surface area contributed by atoms with E-state index < -0.39 is 17.5 Å². The van der Waals surface area contributed by atoms with Gasteiger partial charge in [0.25, 0.3) is 5.91 Å². The van der Waals surface area contributed by atoms with Crippen molar-refractivity contribution in [1.82, 2.24) is 5.32 Å². The molecule has 1 aromatic carbocycles. The van der Waals surface area contributed by atoms with E-state index >= 15 is 0 Å². The van der Waals surface area contributed by atoms with Crippen molar-refractivity contribution < 1.29 is 13.6 Å². The minimum absolute atomic E-state index is 0.0407. The van der Waals surface area contributed by atoms with Crippen LogP contribution in [0.25, 0.3) is 0 Å². The molecule has 3 atom stereocenters. The molecule has 1 fully saturated rings. The van der Waals surface area contributed by atoms with E-state index in [0.717, 1.165) is 37.5 Å². The molecule has 1 aliphatic rings. The van der Waals surface area contributed by atoms with E-state index in [0.29, 0.717) is 11.8 Å². The van der Waals surface area contributed by atoms with Crippen LogP contribution >= 0.6 is 0 Å². The maximum atomic E-state index is 13.5. The van der Waals surface area contributed by atoms with Crippen LogP contribution in [0.3, 0.4) is 0 Å². The number of nitrogens with one attached hydrogen (secondary N) is 1. The Labute approximate surface area is 125 Å². The minimum atomic E-state index is -0.685. The Balaban J connectivity index is 0.00000106. The van der Waals surface area contributed by atoms with Gasteiger partial charge < -0.3 is 5.32 Å². The van der Waals surface area contributed by atoms with Gasteiger partial charge in [0.2, 0.25) is 0 Å².